The third-order valence-electron chi connectivity index (χ3n) is 3.51. The van der Waals surface area contributed by atoms with Gasteiger partial charge in [-0.05, 0) is 48.9 Å². The van der Waals surface area contributed by atoms with Crippen molar-refractivity contribution in [3.63, 3.8) is 0 Å². The van der Waals surface area contributed by atoms with Crippen LogP contribution in [0.2, 0.25) is 0 Å². The largest absolute Gasteiger partial charge is 0.376 e. The van der Waals surface area contributed by atoms with E-state index < -0.39 is 0 Å². The molecule has 0 saturated carbocycles. The van der Waals surface area contributed by atoms with Crippen molar-refractivity contribution in [2.24, 2.45) is 0 Å². The molecule has 2 aliphatic rings. The lowest BCUT2D eigenvalue weighted by Crippen LogP contribution is -2.45. The second-order valence-electron chi connectivity index (χ2n) is 4.84. The van der Waals surface area contributed by atoms with Gasteiger partial charge in [-0.2, -0.15) is 5.26 Å². The van der Waals surface area contributed by atoms with E-state index in [0.29, 0.717) is 13.2 Å². The molecule has 0 unspecified atom stereocenters. The van der Waals surface area contributed by atoms with Gasteiger partial charge in [-0.3, -0.25) is 0 Å². The Morgan fingerprint density at radius 1 is 1.18 bits per heavy atom. The zero-order valence-corrected chi connectivity index (χ0v) is 10.6. The Hall–Kier alpha value is -0.980. The van der Waals surface area contributed by atoms with E-state index in [4.69, 9.17) is 4.74 Å². The van der Waals surface area contributed by atoms with Gasteiger partial charge in [-0.15, -0.1) is 0 Å². The van der Waals surface area contributed by atoms with Crippen LogP contribution in [-0.2, 0) is 17.6 Å². The van der Waals surface area contributed by atoms with Crippen molar-refractivity contribution in [2.75, 3.05) is 13.2 Å². The Kier molecular flexibility index (Phi) is 2.85. The van der Waals surface area contributed by atoms with Crippen molar-refractivity contribution in [2.45, 2.75) is 35.3 Å². The van der Waals surface area contributed by atoms with Gasteiger partial charge in [0.05, 0.1) is 19.3 Å². The molecule has 1 aromatic rings. The predicted molar refractivity (Wildman–Crippen MR) is 68.1 cm³/mol. The van der Waals surface area contributed by atoms with Crippen molar-refractivity contribution in [1.82, 2.24) is 0 Å². The monoisotopic (exact) mass is 245 g/mol. The Balaban J connectivity index is 1.82. The fraction of sp³-hybridized carbons (Fsp3) is 0.500. The van der Waals surface area contributed by atoms with Crippen LogP contribution in [0, 0.1) is 11.3 Å². The molecule has 17 heavy (non-hydrogen) atoms. The van der Waals surface area contributed by atoms with Gasteiger partial charge in [0.15, 0.2) is 4.75 Å². The molecule has 0 aromatic heterocycles. The van der Waals surface area contributed by atoms with Crippen molar-refractivity contribution in [3.05, 3.63) is 29.3 Å². The molecule has 0 atom stereocenters. The Morgan fingerprint density at radius 2 is 1.94 bits per heavy atom. The summed E-state index contributed by atoms with van der Waals surface area (Å²) >= 11 is 1.66. The quantitative estimate of drug-likeness (QED) is 0.803. The fourth-order valence-corrected chi connectivity index (χ4v) is 3.55. The molecule has 1 fully saturated rings. The summed E-state index contributed by atoms with van der Waals surface area (Å²) < 4.78 is 4.84. The van der Waals surface area contributed by atoms with Gasteiger partial charge < -0.3 is 4.74 Å². The lowest BCUT2D eigenvalue weighted by atomic mass is 9.92. The molecular weight excluding hydrogens is 230 g/mol. The Bertz CT molecular complexity index is 474. The van der Waals surface area contributed by atoms with Crippen LogP contribution in [0.1, 0.15) is 24.0 Å². The fourth-order valence-electron chi connectivity index (χ4n) is 2.43. The molecule has 1 aromatic carbocycles. The number of hydrogen-bond donors (Lipinski definition) is 0. The average molecular weight is 245 g/mol. The van der Waals surface area contributed by atoms with E-state index in [1.54, 1.807) is 11.8 Å². The summed E-state index contributed by atoms with van der Waals surface area (Å²) in [6.45, 7) is 1.12. The lowest BCUT2D eigenvalue weighted by molar-refractivity contribution is 0.0161. The highest BCUT2D eigenvalue weighted by molar-refractivity contribution is 8.01. The highest BCUT2D eigenvalue weighted by Gasteiger charge is 2.40. The van der Waals surface area contributed by atoms with E-state index in [0.717, 1.165) is 0 Å². The number of nitrogens with zero attached hydrogens (tertiary/aromatic N) is 1. The van der Waals surface area contributed by atoms with Crippen LogP contribution in [0.4, 0.5) is 0 Å². The third-order valence-corrected chi connectivity index (χ3v) is 4.71. The number of aryl methyl sites for hydroxylation is 2. The zero-order valence-electron chi connectivity index (χ0n) is 9.74. The molecule has 0 amide bonds. The molecular formula is C14H15NOS. The van der Waals surface area contributed by atoms with Crippen LogP contribution in [0.25, 0.3) is 0 Å². The van der Waals surface area contributed by atoms with E-state index in [1.165, 1.54) is 41.7 Å². The van der Waals surface area contributed by atoms with Crippen LogP contribution in [0.15, 0.2) is 23.1 Å². The molecule has 0 spiro atoms. The standard InChI is InChI=1S/C14H15NOS/c15-8-14(9-16-10-14)17-13-6-5-11-3-1-2-4-12(11)7-13/h5-7H,1-4,9-10H2. The predicted octanol–water partition coefficient (Wildman–Crippen LogP) is 2.95. The number of nitriles is 1. The van der Waals surface area contributed by atoms with Crippen LogP contribution >= 0.6 is 11.8 Å². The first kappa shape index (κ1) is 11.1. The third kappa shape index (κ3) is 2.08. The SMILES string of the molecule is N#CC1(Sc2ccc3c(c2)CCCC3)COC1. The molecule has 2 nitrogen and oxygen atoms in total. The maximum Gasteiger partial charge on any atom is 0.153 e. The van der Waals surface area contributed by atoms with Crippen LogP contribution in [0.3, 0.4) is 0 Å². The van der Waals surface area contributed by atoms with Gasteiger partial charge in [0.25, 0.3) is 0 Å². The van der Waals surface area contributed by atoms with E-state index in [2.05, 4.69) is 24.3 Å². The maximum absolute atomic E-state index is 9.19. The highest BCUT2D eigenvalue weighted by atomic mass is 32.2. The van der Waals surface area contributed by atoms with Gasteiger partial charge in [-0.1, -0.05) is 17.8 Å². The number of thioether (sulfide) groups is 1. The van der Waals surface area contributed by atoms with Crippen LogP contribution < -0.4 is 0 Å². The minimum atomic E-state index is -0.330. The number of benzene rings is 1. The van der Waals surface area contributed by atoms with Gasteiger partial charge in [0, 0.05) is 4.90 Å². The van der Waals surface area contributed by atoms with Gasteiger partial charge in [0.2, 0.25) is 0 Å². The Labute approximate surface area is 106 Å². The highest BCUT2D eigenvalue weighted by Crippen LogP contribution is 2.39. The van der Waals surface area contributed by atoms with E-state index in [9.17, 15) is 5.26 Å². The minimum absolute atomic E-state index is 0.330. The first-order chi connectivity index (χ1) is 8.31. The molecule has 1 aliphatic heterocycles. The second kappa shape index (κ2) is 4.36. The number of ether oxygens (including phenoxy) is 1. The summed E-state index contributed by atoms with van der Waals surface area (Å²) in [4.78, 5) is 1.22. The second-order valence-corrected chi connectivity index (χ2v) is 6.30. The number of hydrogen-bond acceptors (Lipinski definition) is 3. The average Bonchev–Trinajstić information content (AvgIpc) is 2.34. The maximum atomic E-state index is 9.19. The van der Waals surface area contributed by atoms with Crippen LogP contribution in [0.5, 0.6) is 0 Å². The van der Waals surface area contributed by atoms with Gasteiger partial charge >= 0.3 is 0 Å². The summed E-state index contributed by atoms with van der Waals surface area (Å²) in [6.07, 6.45) is 5.02. The molecule has 1 saturated heterocycles. The number of rotatable bonds is 2. The van der Waals surface area contributed by atoms with Crippen molar-refractivity contribution < 1.29 is 4.74 Å². The van der Waals surface area contributed by atoms with Crippen molar-refractivity contribution in [3.8, 4) is 6.07 Å². The van der Waals surface area contributed by atoms with E-state index in [-0.39, 0.29) is 4.75 Å². The first-order valence-corrected chi connectivity index (χ1v) is 6.93. The summed E-state index contributed by atoms with van der Waals surface area (Å²) in [5.41, 5.74) is 2.98. The van der Waals surface area contributed by atoms with E-state index in [1.807, 2.05) is 0 Å². The summed E-state index contributed by atoms with van der Waals surface area (Å²) in [5, 5.41) is 9.19. The molecule has 3 rings (SSSR count). The molecule has 0 N–H and O–H groups in total. The Morgan fingerprint density at radius 3 is 2.59 bits per heavy atom. The van der Waals surface area contributed by atoms with Crippen molar-refractivity contribution in [1.29, 1.82) is 5.26 Å². The molecule has 1 heterocycles. The van der Waals surface area contributed by atoms with E-state index >= 15 is 0 Å². The number of fused-ring (bicyclic) bond motifs is 1. The van der Waals surface area contributed by atoms with Gasteiger partial charge in [-0.25, -0.2) is 0 Å². The molecule has 3 heteroatoms. The smallest absolute Gasteiger partial charge is 0.153 e. The first-order valence-electron chi connectivity index (χ1n) is 6.11. The molecule has 0 bridgehead atoms. The lowest BCUT2D eigenvalue weighted by Gasteiger charge is -2.34. The minimum Gasteiger partial charge on any atom is -0.376 e. The van der Waals surface area contributed by atoms with Crippen LogP contribution in [-0.4, -0.2) is 18.0 Å². The zero-order chi connectivity index (χ0) is 11.7. The molecule has 1 aliphatic carbocycles. The van der Waals surface area contributed by atoms with Crippen molar-refractivity contribution >= 4 is 11.8 Å². The molecule has 88 valence electrons. The summed E-state index contributed by atoms with van der Waals surface area (Å²) in [6, 6.07) is 9.05. The van der Waals surface area contributed by atoms with Gasteiger partial charge in [0.1, 0.15) is 0 Å². The normalized spacial score (nSPS) is 21.1. The molecule has 0 radical (unpaired) electrons. The topological polar surface area (TPSA) is 33.0 Å². The summed E-state index contributed by atoms with van der Waals surface area (Å²) in [7, 11) is 0. The summed E-state index contributed by atoms with van der Waals surface area (Å²) in [5.74, 6) is 0.